The first kappa shape index (κ1) is 18.9. The number of halogens is 4. The molecule has 2 aromatic rings. The molecule has 26 heavy (non-hydrogen) atoms. The Morgan fingerprint density at radius 2 is 1.92 bits per heavy atom. The second kappa shape index (κ2) is 7.40. The standard InChI is InChI=1S/C17H18BrF3N4O/c1-23-15(14(18)10-22-23)16(26)25-7-5-24(6-8-25)11-12-3-2-4-13(9-12)17(19,20)21/h2-4,9-10H,5-8,11H2,1H3. The van der Waals surface area contributed by atoms with Crippen molar-refractivity contribution in [3.05, 3.63) is 51.8 Å². The van der Waals surface area contributed by atoms with Gasteiger partial charge in [-0.3, -0.25) is 14.4 Å². The normalized spacial score (nSPS) is 16.1. The zero-order valence-corrected chi connectivity index (χ0v) is 15.7. The Balaban J connectivity index is 1.60. The van der Waals surface area contributed by atoms with E-state index in [1.165, 1.54) is 16.8 Å². The first-order valence-electron chi connectivity index (χ1n) is 8.11. The van der Waals surface area contributed by atoms with E-state index >= 15 is 0 Å². The Kier molecular flexibility index (Phi) is 5.38. The lowest BCUT2D eigenvalue weighted by Crippen LogP contribution is -2.48. The summed E-state index contributed by atoms with van der Waals surface area (Å²) >= 11 is 3.33. The van der Waals surface area contributed by atoms with Gasteiger partial charge in [0, 0.05) is 39.8 Å². The number of hydrogen-bond acceptors (Lipinski definition) is 3. The summed E-state index contributed by atoms with van der Waals surface area (Å²) in [4.78, 5) is 16.4. The van der Waals surface area contributed by atoms with Crippen molar-refractivity contribution in [3.63, 3.8) is 0 Å². The van der Waals surface area contributed by atoms with Crippen LogP contribution in [0.3, 0.4) is 0 Å². The molecule has 1 amide bonds. The van der Waals surface area contributed by atoms with Crippen LogP contribution in [0.15, 0.2) is 34.9 Å². The molecule has 1 fully saturated rings. The Bertz CT molecular complexity index is 778. The van der Waals surface area contributed by atoms with Crippen LogP contribution in [0.2, 0.25) is 0 Å². The van der Waals surface area contributed by atoms with Gasteiger partial charge in [-0.1, -0.05) is 18.2 Å². The van der Waals surface area contributed by atoms with Gasteiger partial charge >= 0.3 is 6.18 Å². The highest BCUT2D eigenvalue weighted by Gasteiger charge is 2.31. The summed E-state index contributed by atoms with van der Waals surface area (Å²) in [6.45, 7) is 2.70. The van der Waals surface area contributed by atoms with Crippen molar-refractivity contribution >= 4 is 21.8 Å². The molecule has 0 unspecified atom stereocenters. The highest BCUT2D eigenvalue weighted by molar-refractivity contribution is 9.10. The third-order valence-electron chi connectivity index (χ3n) is 4.42. The molecule has 1 saturated heterocycles. The monoisotopic (exact) mass is 430 g/mol. The lowest BCUT2D eigenvalue weighted by Gasteiger charge is -2.34. The Labute approximate surface area is 157 Å². The Morgan fingerprint density at radius 3 is 2.50 bits per heavy atom. The second-order valence-corrected chi connectivity index (χ2v) is 7.09. The highest BCUT2D eigenvalue weighted by Crippen LogP contribution is 2.29. The van der Waals surface area contributed by atoms with E-state index in [1.807, 2.05) is 0 Å². The summed E-state index contributed by atoms with van der Waals surface area (Å²) in [5.74, 6) is -0.101. The predicted molar refractivity (Wildman–Crippen MR) is 93.5 cm³/mol. The summed E-state index contributed by atoms with van der Waals surface area (Å²) in [5, 5.41) is 4.05. The van der Waals surface area contributed by atoms with Crippen LogP contribution in [0.4, 0.5) is 13.2 Å². The van der Waals surface area contributed by atoms with Gasteiger partial charge in [-0.2, -0.15) is 18.3 Å². The molecule has 2 heterocycles. The Morgan fingerprint density at radius 1 is 1.23 bits per heavy atom. The van der Waals surface area contributed by atoms with Crippen LogP contribution in [0.1, 0.15) is 21.6 Å². The van der Waals surface area contributed by atoms with E-state index in [0.717, 1.165) is 6.07 Å². The molecule has 1 aromatic carbocycles. The summed E-state index contributed by atoms with van der Waals surface area (Å²) in [5.41, 5.74) is 0.482. The molecule has 0 saturated carbocycles. The van der Waals surface area contributed by atoms with Crippen molar-refractivity contribution < 1.29 is 18.0 Å². The van der Waals surface area contributed by atoms with Gasteiger partial charge in [-0.05, 0) is 27.6 Å². The molecule has 0 bridgehead atoms. The molecular formula is C17H18BrF3N4O. The number of rotatable bonds is 3. The number of nitrogens with zero attached hydrogens (tertiary/aromatic N) is 4. The van der Waals surface area contributed by atoms with Crippen LogP contribution < -0.4 is 0 Å². The van der Waals surface area contributed by atoms with Crippen molar-refractivity contribution in [2.24, 2.45) is 7.05 Å². The number of carbonyl (C=O) groups excluding carboxylic acids is 1. The van der Waals surface area contributed by atoms with Crippen LogP contribution in [-0.2, 0) is 19.8 Å². The molecule has 1 aliphatic heterocycles. The summed E-state index contributed by atoms with van der Waals surface area (Å²) in [6.07, 6.45) is -2.76. The average molecular weight is 431 g/mol. The number of piperazine rings is 1. The number of carbonyl (C=O) groups is 1. The van der Waals surface area contributed by atoms with Crippen molar-refractivity contribution in [1.82, 2.24) is 19.6 Å². The zero-order valence-electron chi connectivity index (χ0n) is 14.1. The van der Waals surface area contributed by atoms with E-state index in [9.17, 15) is 18.0 Å². The van der Waals surface area contributed by atoms with Gasteiger partial charge < -0.3 is 4.90 Å². The van der Waals surface area contributed by atoms with Gasteiger partial charge in [0.15, 0.2) is 0 Å². The second-order valence-electron chi connectivity index (χ2n) is 6.23. The minimum atomic E-state index is -4.34. The first-order chi connectivity index (χ1) is 12.3. The smallest absolute Gasteiger partial charge is 0.335 e. The third kappa shape index (κ3) is 4.09. The number of benzene rings is 1. The van der Waals surface area contributed by atoms with Crippen LogP contribution >= 0.6 is 15.9 Å². The molecule has 5 nitrogen and oxygen atoms in total. The van der Waals surface area contributed by atoms with E-state index < -0.39 is 11.7 Å². The molecule has 0 N–H and O–H groups in total. The van der Waals surface area contributed by atoms with E-state index in [2.05, 4.69) is 25.9 Å². The van der Waals surface area contributed by atoms with Gasteiger partial charge in [0.1, 0.15) is 5.69 Å². The fourth-order valence-electron chi connectivity index (χ4n) is 3.01. The van der Waals surface area contributed by atoms with Crippen molar-refractivity contribution in [1.29, 1.82) is 0 Å². The number of aryl methyl sites for hydroxylation is 1. The van der Waals surface area contributed by atoms with Crippen molar-refractivity contribution in [2.45, 2.75) is 12.7 Å². The fourth-order valence-corrected chi connectivity index (χ4v) is 3.53. The lowest BCUT2D eigenvalue weighted by atomic mass is 10.1. The molecule has 0 spiro atoms. The van der Waals surface area contributed by atoms with Crippen LogP contribution in [0.5, 0.6) is 0 Å². The maximum Gasteiger partial charge on any atom is 0.416 e. The molecule has 1 aromatic heterocycles. The minimum absolute atomic E-state index is 0.101. The van der Waals surface area contributed by atoms with Gasteiger partial charge in [0.2, 0.25) is 0 Å². The molecule has 0 atom stereocenters. The summed E-state index contributed by atoms with van der Waals surface area (Å²) < 4.78 is 40.6. The summed E-state index contributed by atoms with van der Waals surface area (Å²) in [6, 6.07) is 5.38. The quantitative estimate of drug-likeness (QED) is 0.750. The van der Waals surface area contributed by atoms with E-state index in [1.54, 1.807) is 24.2 Å². The minimum Gasteiger partial charge on any atom is -0.335 e. The van der Waals surface area contributed by atoms with Crippen LogP contribution in [0, 0.1) is 0 Å². The Hall–Kier alpha value is -1.87. The number of aromatic nitrogens is 2. The first-order valence-corrected chi connectivity index (χ1v) is 8.90. The molecule has 0 radical (unpaired) electrons. The van der Waals surface area contributed by atoms with Gasteiger partial charge in [0.05, 0.1) is 16.2 Å². The third-order valence-corrected chi connectivity index (χ3v) is 5.00. The van der Waals surface area contributed by atoms with Gasteiger partial charge in [-0.15, -0.1) is 0 Å². The van der Waals surface area contributed by atoms with E-state index in [4.69, 9.17) is 0 Å². The molecule has 9 heteroatoms. The van der Waals surface area contributed by atoms with Crippen molar-refractivity contribution in [2.75, 3.05) is 26.2 Å². The predicted octanol–water partition coefficient (Wildman–Crippen LogP) is 3.16. The lowest BCUT2D eigenvalue weighted by molar-refractivity contribution is -0.137. The molecule has 1 aliphatic rings. The summed E-state index contributed by atoms with van der Waals surface area (Å²) in [7, 11) is 1.71. The van der Waals surface area contributed by atoms with Gasteiger partial charge in [0.25, 0.3) is 5.91 Å². The number of alkyl halides is 3. The molecule has 140 valence electrons. The highest BCUT2D eigenvalue weighted by atomic mass is 79.9. The van der Waals surface area contributed by atoms with Crippen LogP contribution in [0.25, 0.3) is 0 Å². The number of hydrogen-bond donors (Lipinski definition) is 0. The molecule has 3 rings (SSSR count). The number of amides is 1. The maximum absolute atomic E-state index is 12.8. The van der Waals surface area contributed by atoms with E-state index in [0.29, 0.717) is 48.5 Å². The maximum atomic E-state index is 12.8. The average Bonchev–Trinajstić information content (AvgIpc) is 2.93. The zero-order chi connectivity index (χ0) is 18.9. The molecule has 0 aliphatic carbocycles. The molecular weight excluding hydrogens is 413 g/mol. The van der Waals surface area contributed by atoms with Gasteiger partial charge in [-0.25, -0.2) is 0 Å². The fraction of sp³-hybridized carbons (Fsp3) is 0.412. The van der Waals surface area contributed by atoms with Crippen molar-refractivity contribution in [3.8, 4) is 0 Å². The van der Waals surface area contributed by atoms with Crippen LogP contribution in [-0.4, -0.2) is 51.7 Å². The van der Waals surface area contributed by atoms with E-state index in [-0.39, 0.29) is 5.91 Å². The largest absolute Gasteiger partial charge is 0.416 e. The SMILES string of the molecule is Cn1ncc(Br)c1C(=O)N1CCN(Cc2cccc(C(F)(F)F)c2)CC1. The topological polar surface area (TPSA) is 41.4 Å².